The van der Waals surface area contributed by atoms with Crippen molar-refractivity contribution in [1.29, 1.82) is 0 Å². The molecule has 0 saturated heterocycles. The molecule has 0 aliphatic carbocycles. The van der Waals surface area contributed by atoms with Crippen LogP contribution in [0.3, 0.4) is 0 Å². The molecule has 4 nitrogen and oxygen atoms in total. The topological polar surface area (TPSA) is 52.1 Å². The zero-order valence-electron chi connectivity index (χ0n) is 11.8. The second kappa shape index (κ2) is 5.61. The van der Waals surface area contributed by atoms with Crippen LogP contribution < -0.4 is 0 Å². The first-order chi connectivity index (χ1) is 10.2. The molecule has 0 bridgehead atoms. The third kappa shape index (κ3) is 2.52. The molecule has 0 fully saturated rings. The van der Waals surface area contributed by atoms with E-state index in [1.807, 2.05) is 29.6 Å². The minimum atomic E-state index is -0.349. The van der Waals surface area contributed by atoms with Crippen LogP contribution in [0.15, 0.2) is 35.7 Å². The summed E-state index contributed by atoms with van der Waals surface area (Å²) in [6.07, 6.45) is 0. The van der Waals surface area contributed by atoms with E-state index in [1.54, 1.807) is 25.2 Å². The van der Waals surface area contributed by atoms with E-state index in [1.165, 1.54) is 0 Å². The van der Waals surface area contributed by atoms with E-state index in [2.05, 4.69) is 16.3 Å². The number of thiophene rings is 1. The number of hydrogen-bond acceptors (Lipinski definition) is 5. The van der Waals surface area contributed by atoms with Crippen molar-refractivity contribution < 1.29 is 9.53 Å². The van der Waals surface area contributed by atoms with Gasteiger partial charge in [0.2, 0.25) is 0 Å². The van der Waals surface area contributed by atoms with E-state index in [0.717, 1.165) is 15.8 Å². The average molecular weight is 298 g/mol. The second-order valence-electron chi connectivity index (χ2n) is 4.59. The number of hydrogen-bond donors (Lipinski definition) is 0. The van der Waals surface area contributed by atoms with Crippen LogP contribution in [-0.2, 0) is 4.74 Å². The van der Waals surface area contributed by atoms with Gasteiger partial charge in [0.1, 0.15) is 0 Å². The molecule has 0 spiro atoms. The second-order valence-corrected chi connectivity index (χ2v) is 5.54. The highest BCUT2D eigenvalue weighted by molar-refractivity contribution is 7.13. The first kappa shape index (κ1) is 13.7. The Balaban J connectivity index is 2.22. The summed E-state index contributed by atoms with van der Waals surface area (Å²) in [5.41, 5.74) is 2.85. The zero-order chi connectivity index (χ0) is 14.8. The van der Waals surface area contributed by atoms with Gasteiger partial charge in [0.05, 0.1) is 23.4 Å². The number of ether oxygens (including phenoxy) is 1. The normalized spacial score (nSPS) is 10.8. The molecule has 2 aromatic heterocycles. The quantitative estimate of drug-likeness (QED) is 0.689. The van der Waals surface area contributed by atoms with Crippen molar-refractivity contribution in [1.82, 2.24) is 10.2 Å². The van der Waals surface area contributed by atoms with Crippen LogP contribution in [-0.4, -0.2) is 22.8 Å². The van der Waals surface area contributed by atoms with Gasteiger partial charge in [0, 0.05) is 10.3 Å². The molecule has 0 atom stereocenters. The molecule has 21 heavy (non-hydrogen) atoms. The standard InChI is InChI=1S/C16H14N2O2S/c1-3-20-16(19)15-10(2)17-18-13-7-6-11(9-12(13)15)14-5-4-8-21-14/h4-9H,3H2,1-2H3. The first-order valence-corrected chi connectivity index (χ1v) is 7.56. The minimum Gasteiger partial charge on any atom is -0.462 e. The van der Waals surface area contributed by atoms with Gasteiger partial charge in [-0.3, -0.25) is 0 Å². The largest absolute Gasteiger partial charge is 0.462 e. The SMILES string of the molecule is CCOC(=O)c1c(C)nnc2ccc(-c3cccs3)cc12. The monoisotopic (exact) mass is 298 g/mol. The van der Waals surface area contributed by atoms with Crippen molar-refractivity contribution in [3.8, 4) is 10.4 Å². The van der Waals surface area contributed by atoms with Crippen molar-refractivity contribution in [3.63, 3.8) is 0 Å². The van der Waals surface area contributed by atoms with Gasteiger partial charge in [-0.2, -0.15) is 10.2 Å². The van der Waals surface area contributed by atoms with Crippen LogP contribution in [0.1, 0.15) is 23.0 Å². The molecule has 0 unspecified atom stereocenters. The molecule has 106 valence electrons. The fraction of sp³-hybridized carbons (Fsp3) is 0.188. The van der Waals surface area contributed by atoms with Crippen molar-refractivity contribution in [2.24, 2.45) is 0 Å². The van der Waals surface area contributed by atoms with E-state index < -0.39 is 0 Å². The molecule has 3 aromatic rings. The Hall–Kier alpha value is -2.27. The molecule has 1 aromatic carbocycles. The Morgan fingerprint density at radius 1 is 1.29 bits per heavy atom. The third-order valence-corrected chi connectivity index (χ3v) is 4.14. The summed E-state index contributed by atoms with van der Waals surface area (Å²) < 4.78 is 5.14. The highest BCUT2D eigenvalue weighted by Gasteiger charge is 2.17. The molecule has 0 aliphatic heterocycles. The summed E-state index contributed by atoms with van der Waals surface area (Å²) in [6.45, 7) is 3.91. The maximum absolute atomic E-state index is 12.2. The van der Waals surface area contributed by atoms with E-state index >= 15 is 0 Å². The van der Waals surface area contributed by atoms with Gasteiger partial charge in [-0.1, -0.05) is 12.1 Å². The molecular weight excluding hydrogens is 284 g/mol. The molecule has 0 amide bonds. The molecule has 0 N–H and O–H groups in total. The molecule has 2 heterocycles. The maximum Gasteiger partial charge on any atom is 0.340 e. The van der Waals surface area contributed by atoms with E-state index in [0.29, 0.717) is 23.4 Å². The fourth-order valence-corrected chi connectivity index (χ4v) is 2.98. The predicted molar refractivity (Wildman–Crippen MR) is 83.5 cm³/mol. The van der Waals surface area contributed by atoms with Crippen molar-refractivity contribution in [3.05, 3.63) is 47.0 Å². The van der Waals surface area contributed by atoms with E-state index in [9.17, 15) is 4.79 Å². The van der Waals surface area contributed by atoms with Gasteiger partial charge in [0.25, 0.3) is 0 Å². The van der Waals surface area contributed by atoms with Gasteiger partial charge in [-0.05, 0) is 43.0 Å². The van der Waals surface area contributed by atoms with Crippen molar-refractivity contribution in [2.45, 2.75) is 13.8 Å². The Morgan fingerprint density at radius 3 is 2.86 bits per heavy atom. The number of aromatic nitrogens is 2. The number of carbonyl (C=O) groups is 1. The van der Waals surface area contributed by atoms with Crippen LogP contribution in [0.4, 0.5) is 0 Å². The summed E-state index contributed by atoms with van der Waals surface area (Å²) >= 11 is 1.66. The Morgan fingerprint density at radius 2 is 2.14 bits per heavy atom. The maximum atomic E-state index is 12.2. The smallest absolute Gasteiger partial charge is 0.340 e. The van der Waals surface area contributed by atoms with Gasteiger partial charge in [-0.25, -0.2) is 4.79 Å². The van der Waals surface area contributed by atoms with Gasteiger partial charge in [-0.15, -0.1) is 11.3 Å². The van der Waals surface area contributed by atoms with Crippen LogP contribution in [0.25, 0.3) is 21.3 Å². The van der Waals surface area contributed by atoms with Crippen molar-refractivity contribution >= 4 is 28.2 Å². The first-order valence-electron chi connectivity index (χ1n) is 6.68. The highest BCUT2D eigenvalue weighted by atomic mass is 32.1. The summed E-state index contributed by atoms with van der Waals surface area (Å²) in [4.78, 5) is 13.3. The molecule has 0 aliphatic rings. The lowest BCUT2D eigenvalue weighted by Crippen LogP contribution is -2.09. The lowest BCUT2D eigenvalue weighted by Gasteiger charge is -2.09. The van der Waals surface area contributed by atoms with Crippen molar-refractivity contribution in [2.75, 3.05) is 6.61 Å². The summed E-state index contributed by atoms with van der Waals surface area (Å²) in [5, 5.41) is 11.0. The molecule has 0 saturated carbocycles. The summed E-state index contributed by atoms with van der Waals surface area (Å²) in [5.74, 6) is -0.349. The number of nitrogens with zero attached hydrogens (tertiary/aromatic N) is 2. The number of fused-ring (bicyclic) bond motifs is 1. The fourth-order valence-electron chi connectivity index (χ4n) is 2.25. The van der Waals surface area contributed by atoms with Crippen LogP contribution in [0, 0.1) is 6.92 Å². The lowest BCUT2D eigenvalue weighted by atomic mass is 10.0. The minimum absolute atomic E-state index is 0.340. The molecule has 0 radical (unpaired) electrons. The predicted octanol–water partition coefficient (Wildman–Crippen LogP) is 3.84. The third-order valence-electron chi connectivity index (χ3n) is 3.22. The highest BCUT2D eigenvalue weighted by Crippen LogP contribution is 2.29. The average Bonchev–Trinajstić information content (AvgIpc) is 3.01. The summed E-state index contributed by atoms with van der Waals surface area (Å²) in [7, 11) is 0. The molecule has 3 rings (SSSR count). The number of rotatable bonds is 3. The number of benzene rings is 1. The number of aryl methyl sites for hydroxylation is 1. The Labute approximate surface area is 126 Å². The van der Waals surface area contributed by atoms with E-state index in [-0.39, 0.29) is 5.97 Å². The van der Waals surface area contributed by atoms with Gasteiger partial charge in [0.15, 0.2) is 0 Å². The zero-order valence-corrected chi connectivity index (χ0v) is 12.6. The Bertz CT molecular complexity index is 797. The molecular formula is C16H14N2O2S. The lowest BCUT2D eigenvalue weighted by molar-refractivity contribution is 0.0527. The van der Waals surface area contributed by atoms with Crippen LogP contribution in [0.2, 0.25) is 0 Å². The number of esters is 1. The number of carbonyl (C=O) groups excluding carboxylic acids is 1. The van der Waals surface area contributed by atoms with Gasteiger partial charge < -0.3 is 4.74 Å². The molecule has 5 heteroatoms. The van der Waals surface area contributed by atoms with E-state index in [4.69, 9.17) is 4.74 Å². The Kier molecular flexibility index (Phi) is 3.66. The summed E-state index contributed by atoms with van der Waals surface area (Å²) in [6, 6.07) is 9.92. The van der Waals surface area contributed by atoms with Crippen LogP contribution >= 0.6 is 11.3 Å². The van der Waals surface area contributed by atoms with Gasteiger partial charge >= 0.3 is 5.97 Å². The van der Waals surface area contributed by atoms with Crippen LogP contribution in [0.5, 0.6) is 0 Å².